The molecule has 0 aromatic heterocycles. The summed E-state index contributed by atoms with van der Waals surface area (Å²) >= 11 is 2.13. The fourth-order valence-electron chi connectivity index (χ4n) is 2.80. The third-order valence-corrected chi connectivity index (χ3v) is 5.40. The summed E-state index contributed by atoms with van der Waals surface area (Å²) in [7, 11) is 0. The Morgan fingerprint density at radius 1 is 1.31 bits per heavy atom. The van der Waals surface area contributed by atoms with Crippen LogP contribution < -0.4 is 5.32 Å². The first-order valence-corrected chi connectivity index (χ1v) is 7.90. The Bertz CT molecular complexity index is 202. The van der Waals surface area contributed by atoms with Crippen molar-refractivity contribution in [1.29, 1.82) is 0 Å². The monoisotopic (exact) mass is 242 g/mol. The molecule has 1 N–H and O–H groups in total. The summed E-state index contributed by atoms with van der Waals surface area (Å²) in [6.07, 6.45) is 4.17. The van der Waals surface area contributed by atoms with Crippen molar-refractivity contribution >= 4 is 11.8 Å². The number of piperidine rings is 1. The predicted octanol–water partition coefficient (Wildman–Crippen LogP) is 2.20. The second-order valence-electron chi connectivity index (χ2n) is 5.36. The lowest BCUT2D eigenvalue weighted by Gasteiger charge is -2.31. The number of rotatable bonds is 4. The molecule has 94 valence electrons. The van der Waals surface area contributed by atoms with Gasteiger partial charge in [0.05, 0.1) is 0 Å². The number of nitrogens with one attached hydrogen (secondary N) is 1. The van der Waals surface area contributed by atoms with E-state index in [0.29, 0.717) is 0 Å². The van der Waals surface area contributed by atoms with Crippen molar-refractivity contribution in [2.24, 2.45) is 5.92 Å². The van der Waals surface area contributed by atoms with Gasteiger partial charge in [-0.2, -0.15) is 11.8 Å². The summed E-state index contributed by atoms with van der Waals surface area (Å²) in [6.45, 7) is 9.76. The number of nitrogens with zero attached hydrogens (tertiary/aromatic N) is 1. The van der Waals surface area contributed by atoms with Crippen molar-refractivity contribution < 1.29 is 0 Å². The van der Waals surface area contributed by atoms with Gasteiger partial charge >= 0.3 is 0 Å². The van der Waals surface area contributed by atoms with E-state index in [1.54, 1.807) is 0 Å². The Hall–Kier alpha value is 0.270. The Balaban J connectivity index is 1.60. The van der Waals surface area contributed by atoms with Gasteiger partial charge in [0.2, 0.25) is 0 Å². The molecule has 0 aromatic rings. The molecule has 0 radical (unpaired) electrons. The van der Waals surface area contributed by atoms with Crippen LogP contribution in [0.15, 0.2) is 0 Å². The SMILES string of the molecule is CCN1CCC(CNC2CSC(C)C2)CC1. The van der Waals surface area contributed by atoms with Crippen LogP contribution >= 0.6 is 11.8 Å². The van der Waals surface area contributed by atoms with Gasteiger partial charge in [-0.25, -0.2) is 0 Å². The second kappa shape index (κ2) is 6.27. The predicted molar refractivity (Wildman–Crippen MR) is 73.2 cm³/mol. The molecule has 2 saturated heterocycles. The average molecular weight is 242 g/mol. The van der Waals surface area contributed by atoms with Gasteiger partial charge in [-0.15, -0.1) is 0 Å². The standard InChI is InChI=1S/C13H26N2S/c1-3-15-6-4-12(5-7-15)9-14-13-8-11(2)16-10-13/h11-14H,3-10H2,1-2H3. The van der Waals surface area contributed by atoms with E-state index in [2.05, 4.69) is 35.8 Å². The van der Waals surface area contributed by atoms with E-state index in [1.165, 1.54) is 51.2 Å². The van der Waals surface area contributed by atoms with Gasteiger partial charge in [0, 0.05) is 17.0 Å². The Morgan fingerprint density at radius 2 is 2.06 bits per heavy atom. The fraction of sp³-hybridized carbons (Fsp3) is 1.00. The van der Waals surface area contributed by atoms with Crippen LogP contribution in [0.2, 0.25) is 0 Å². The van der Waals surface area contributed by atoms with Crippen LogP contribution in [0.5, 0.6) is 0 Å². The molecule has 0 spiro atoms. The number of thioether (sulfide) groups is 1. The van der Waals surface area contributed by atoms with Crippen LogP contribution in [0.4, 0.5) is 0 Å². The number of hydrogen-bond donors (Lipinski definition) is 1. The van der Waals surface area contributed by atoms with Crippen molar-refractivity contribution in [2.75, 3.05) is 31.9 Å². The molecule has 2 atom stereocenters. The number of hydrogen-bond acceptors (Lipinski definition) is 3. The first-order valence-electron chi connectivity index (χ1n) is 6.85. The zero-order valence-corrected chi connectivity index (χ0v) is 11.6. The molecule has 0 amide bonds. The molecule has 0 aliphatic carbocycles. The summed E-state index contributed by atoms with van der Waals surface area (Å²) in [5, 5.41) is 4.65. The minimum atomic E-state index is 0.796. The molecule has 16 heavy (non-hydrogen) atoms. The van der Waals surface area contributed by atoms with E-state index in [9.17, 15) is 0 Å². The third-order valence-electron chi connectivity index (χ3n) is 4.05. The molecule has 2 aliphatic heterocycles. The highest BCUT2D eigenvalue weighted by atomic mass is 32.2. The summed E-state index contributed by atoms with van der Waals surface area (Å²) < 4.78 is 0. The van der Waals surface area contributed by atoms with Gasteiger partial charge < -0.3 is 10.2 Å². The molecule has 2 heterocycles. The molecule has 0 bridgehead atoms. The maximum Gasteiger partial charge on any atom is 0.0168 e. The largest absolute Gasteiger partial charge is 0.313 e. The maximum absolute atomic E-state index is 3.78. The van der Waals surface area contributed by atoms with Crippen LogP contribution in [-0.4, -0.2) is 48.1 Å². The molecule has 2 nitrogen and oxygen atoms in total. The van der Waals surface area contributed by atoms with E-state index in [4.69, 9.17) is 0 Å². The summed E-state index contributed by atoms with van der Waals surface area (Å²) in [5.41, 5.74) is 0. The first-order chi connectivity index (χ1) is 7.78. The zero-order chi connectivity index (χ0) is 11.4. The minimum absolute atomic E-state index is 0.796. The minimum Gasteiger partial charge on any atom is -0.313 e. The second-order valence-corrected chi connectivity index (χ2v) is 6.83. The topological polar surface area (TPSA) is 15.3 Å². The Morgan fingerprint density at radius 3 is 2.62 bits per heavy atom. The van der Waals surface area contributed by atoms with Crippen LogP contribution in [-0.2, 0) is 0 Å². The zero-order valence-electron chi connectivity index (χ0n) is 10.7. The highest BCUT2D eigenvalue weighted by Gasteiger charge is 2.23. The highest BCUT2D eigenvalue weighted by molar-refractivity contribution is 8.00. The van der Waals surface area contributed by atoms with E-state index >= 15 is 0 Å². The molecular formula is C13H26N2S. The van der Waals surface area contributed by atoms with Crippen molar-refractivity contribution in [3.8, 4) is 0 Å². The quantitative estimate of drug-likeness (QED) is 0.814. The van der Waals surface area contributed by atoms with Gasteiger partial charge in [0.25, 0.3) is 0 Å². The van der Waals surface area contributed by atoms with Gasteiger partial charge in [-0.05, 0) is 51.4 Å². The Kier molecular flexibility index (Phi) is 4.98. The molecule has 3 heteroatoms. The van der Waals surface area contributed by atoms with Crippen LogP contribution in [0.25, 0.3) is 0 Å². The lowest BCUT2D eigenvalue weighted by atomic mass is 9.96. The van der Waals surface area contributed by atoms with Crippen molar-refractivity contribution in [2.45, 2.75) is 44.4 Å². The third kappa shape index (κ3) is 3.64. The molecule has 2 rings (SSSR count). The van der Waals surface area contributed by atoms with Crippen LogP contribution in [0.1, 0.15) is 33.1 Å². The normalized spacial score (nSPS) is 33.4. The smallest absolute Gasteiger partial charge is 0.0168 e. The van der Waals surface area contributed by atoms with Crippen molar-refractivity contribution in [1.82, 2.24) is 10.2 Å². The molecule has 2 fully saturated rings. The van der Waals surface area contributed by atoms with E-state index in [-0.39, 0.29) is 0 Å². The Labute approximate surface area is 105 Å². The molecule has 2 aliphatic rings. The molecule has 0 aromatic carbocycles. The van der Waals surface area contributed by atoms with E-state index in [1.807, 2.05) is 0 Å². The van der Waals surface area contributed by atoms with E-state index in [0.717, 1.165) is 17.2 Å². The average Bonchev–Trinajstić information content (AvgIpc) is 2.73. The van der Waals surface area contributed by atoms with Crippen LogP contribution in [0.3, 0.4) is 0 Å². The fourth-order valence-corrected chi connectivity index (χ4v) is 3.98. The van der Waals surface area contributed by atoms with Crippen molar-refractivity contribution in [3.05, 3.63) is 0 Å². The molecular weight excluding hydrogens is 216 g/mol. The van der Waals surface area contributed by atoms with Crippen LogP contribution in [0, 0.1) is 5.92 Å². The molecule has 0 saturated carbocycles. The molecule has 2 unspecified atom stereocenters. The first kappa shape index (κ1) is 12.7. The van der Waals surface area contributed by atoms with Gasteiger partial charge in [0.15, 0.2) is 0 Å². The highest BCUT2D eigenvalue weighted by Crippen LogP contribution is 2.26. The lowest BCUT2D eigenvalue weighted by molar-refractivity contribution is 0.188. The summed E-state index contributed by atoms with van der Waals surface area (Å²) in [5.74, 6) is 2.26. The lowest BCUT2D eigenvalue weighted by Crippen LogP contribution is -2.39. The maximum atomic E-state index is 3.78. The van der Waals surface area contributed by atoms with Gasteiger partial charge in [-0.3, -0.25) is 0 Å². The van der Waals surface area contributed by atoms with Gasteiger partial charge in [0.1, 0.15) is 0 Å². The number of likely N-dealkylation sites (tertiary alicyclic amines) is 1. The van der Waals surface area contributed by atoms with Crippen molar-refractivity contribution in [3.63, 3.8) is 0 Å². The van der Waals surface area contributed by atoms with E-state index < -0.39 is 0 Å². The summed E-state index contributed by atoms with van der Waals surface area (Å²) in [6, 6.07) is 0.796. The van der Waals surface area contributed by atoms with Gasteiger partial charge in [-0.1, -0.05) is 13.8 Å². The summed E-state index contributed by atoms with van der Waals surface area (Å²) in [4.78, 5) is 2.57.